The zero-order valence-electron chi connectivity index (χ0n) is 9.28. The fourth-order valence-corrected chi connectivity index (χ4v) is 1.77. The highest BCUT2D eigenvalue weighted by molar-refractivity contribution is 7.80. The van der Waals surface area contributed by atoms with E-state index in [2.05, 4.69) is 12.6 Å². The van der Waals surface area contributed by atoms with Crippen LogP contribution in [-0.4, -0.2) is 12.6 Å². The van der Waals surface area contributed by atoms with E-state index in [4.69, 9.17) is 10.00 Å². The second-order valence-corrected chi connectivity index (χ2v) is 3.71. The third kappa shape index (κ3) is 2.56. The molecule has 0 aliphatic carbocycles. The van der Waals surface area contributed by atoms with Crippen LogP contribution in [0, 0.1) is 11.3 Å². The summed E-state index contributed by atoms with van der Waals surface area (Å²) in [4.78, 5) is 12.1. The standard InChI is InChI=1S/C12H13NO2S/c1-3-8-5-9(7-13)11(10(16)6-8)12(14)15-4-2/h5-6,16H,3-4H2,1-2H3. The summed E-state index contributed by atoms with van der Waals surface area (Å²) < 4.78 is 4.89. The van der Waals surface area contributed by atoms with Crippen molar-refractivity contribution in [1.29, 1.82) is 5.26 Å². The van der Waals surface area contributed by atoms with E-state index in [1.54, 1.807) is 19.1 Å². The summed E-state index contributed by atoms with van der Waals surface area (Å²) in [5, 5.41) is 8.99. The van der Waals surface area contributed by atoms with Crippen molar-refractivity contribution in [3.63, 3.8) is 0 Å². The molecule has 0 saturated heterocycles. The van der Waals surface area contributed by atoms with Crippen LogP contribution in [0.5, 0.6) is 0 Å². The zero-order chi connectivity index (χ0) is 12.1. The molecule has 16 heavy (non-hydrogen) atoms. The van der Waals surface area contributed by atoms with Gasteiger partial charge < -0.3 is 4.74 Å². The fraction of sp³-hybridized carbons (Fsp3) is 0.333. The summed E-state index contributed by atoms with van der Waals surface area (Å²) in [7, 11) is 0. The molecule has 0 aliphatic heterocycles. The number of hydrogen-bond donors (Lipinski definition) is 1. The molecule has 0 radical (unpaired) electrons. The zero-order valence-corrected chi connectivity index (χ0v) is 10.2. The van der Waals surface area contributed by atoms with Crippen LogP contribution in [0.15, 0.2) is 17.0 Å². The molecule has 0 aromatic heterocycles. The lowest BCUT2D eigenvalue weighted by molar-refractivity contribution is 0.0522. The Balaban J connectivity index is 3.28. The van der Waals surface area contributed by atoms with Crippen molar-refractivity contribution in [3.05, 3.63) is 28.8 Å². The lowest BCUT2D eigenvalue weighted by atomic mass is 10.0. The number of aryl methyl sites for hydroxylation is 1. The molecule has 3 nitrogen and oxygen atoms in total. The molecule has 0 unspecified atom stereocenters. The van der Waals surface area contributed by atoms with Crippen molar-refractivity contribution < 1.29 is 9.53 Å². The number of carbonyl (C=O) groups is 1. The first kappa shape index (κ1) is 12.6. The van der Waals surface area contributed by atoms with Gasteiger partial charge in [-0.1, -0.05) is 6.92 Å². The van der Waals surface area contributed by atoms with E-state index in [0.717, 1.165) is 12.0 Å². The van der Waals surface area contributed by atoms with Crippen molar-refractivity contribution in [2.24, 2.45) is 0 Å². The highest BCUT2D eigenvalue weighted by Crippen LogP contribution is 2.22. The minimum absolute atomic E-state index is 0.255. The lowest BCUT2D eigenvalue weighted by Crippen LogP contribution is -2.08. The molecule has 0 amide bonds. The van der Waals surface area contributed by atoms with E-state index in [1.807, 2.05) is 13.0 Å². The van der Waals surface area contributed by atoms with Crippen molar-refractivity contribution >= 4 is 18.6 Å². The Labute approximate surface area is 100 Å². The van der Waals surface area contributed by atoms with E-state index >= 15 is 0 Å². The molecular weight excluding hydrogens is 222 g/mol. The molecule has 1 rings (SSSR count). The first-order chi connectivity index (χ1) is 7.63. The maximum Gasteiger partial charge on any atom is 0.340 e. The number of esters is 1. The van der Waals surface area contributed by atoms with Gasteiger partial charge in [0.25, 0.3) is 0 Å². The van der Waals surface area contributed by atoms with Gasteiger partial charge in [0, 0.05) is 4.90 Å². The van der Waals surface area contributed by atoms with Crippen LogP contribution in [0.4, 0.5) is 0 Å². The second kappa shape index (κ2) is 5.57. The van der Waals surface area contributed by atoms with Crippen LogP contribution in [0.3, 0.4) is 0 Å². The monoisotopic (exact) mass is 235 g/mol. The van der Waals surface area contributed by atoms with Gasteiger partial charge in [-0.05, 0) is 31.0 Å². The molecule has 1 aromatic rings. The van der Waals surface area contributed by atoms with Gasteiger partial charge >= 0.3 is 5.97 Å². The largest absolute Gasteiger partial charge is 0.462 e. The van der Waals surface area contributed by atoms with E-state index in [0.29, 0.717) is 10.5 Å². The Morgan fingerprint density at radius 2 is 2.19 bits per heavy atom. The molecule has 0 aliphatic rings. The van der Waals surface area contributed by atoms with Crippen LogP contribution < -0.4 is 0 Å². The average Bonchev–Trinajstić information content (AvgIpc) is 2.27. The summed E-state index contributed by atoms with van der Waals surface area (Å²) in [5.74, 6) is -0.494. The Hall–Kier alpha value is -1.47. The molecule has 0 N–H and O–H groups in total. The minimum Gasteiger partial charge on any atom is -0.462 e. The van der Waals surface area contributed by atoms with Crippen LogP contribution in [0.2, 0.25) is 0 Å². The molecule has 0 fully saturated rings. The molecule has 84 valence electrons. The number of carbonyl (C=O) groups excluding carboxylic acids is 1. The number of rotatable bonds is 3. The SMILES string of the molecule is CCOC(=O)c1c(S)cc(CC)cc1C#N. The van der Waals surface area contributed by atoms with E-state index in [-0.39, 0.29) is 12.2 Å². The Kier molecular flexibility index (Phi) is 4.39. The molecule has 4 heteroatoms. The predicted molar refractivity (Wildman–Crippen MR) is 63.7 cm³/mol. The first-order valence-corrected chi connectivity index (χ1v) is 5.51. The topological polar surface area (TPSA) is 50.1 Å². The van der Waals surface area contributed by atoms with E-state index in [1.165, 1.54) is 0 Å². The number of nitrogens with zero attached hydrogens (tertiary/aromatic N) is 1. The third-order valence-corrected chi connectivity index (χ3v) is 2.54. The van der Waals surface area contributed by atoms with Gasteiger partial charge in [-0.3, -0.25) is 0 Å². The van der Waals surface area contributed by atoms with Crippen molar-refractivity contribution in [3.8, 4) is 6.07 Å². The van der Waals surface area contributed by atoms with Crippen molar-refractivity contribution in [1.82, 2.24) is 0 Å². The number of hydrogen-bond acceptors (Lipinski definition) is 4. The molecular formula is C12H13NO2S. The van der Waals surface area contributed by atoms with Gasteiger partial charge in [-0.15, -0.1) is 12.6 Å². The van der Waals surface area contributed by atoms with Gasteiger partial charge in [0.2, 0.25) is 0 Å². The highest BCUT2D eigenvalue weighted by atomic mass is 32.1. The quantitative estimate of drug-likeness (QED) is 0.647. The first-order valence-electron chi connectivity index (χ1n) is 5.07. The van der Waals surface area contributed by atoms with Crippen LogP contribution >= 0.6 is 12.6 Å². The molecule has 0 bridgehead atoms. The molecule has 0 saturated carbocycles. The lowest BCUT2D eigenvalue weighted by Gasteiger charge is -2.08. The van der Waals surface area contributed by atoms with E-state index < -0.39 is 5.97 Å². The second-order valence-electron chi connectivity index (χ2n) is 3.22. The smallest absolute Gasteiger partial charge is 0.340 e. The predicted octanol–water partition coefficient (Wildman–Crippen LogP) is 2.59. The number of thiol groups is 1. The molecule has 1 aromatic carbocycles. The van der Waals surface area contributed by atoms with Gasteiger partial charge in [0.05, 0.1) is 17.7 Å². The number of ether oxygens (including phenoxy) is 1. The van der Waals surface area contributed by atoms with Crippen LogP contribution in [-0.2, 0) is 11.2 Å². The van der Waals surface area contributed by atoms with Crippen LogP contribution in [0.1, 0.15) is 35.3 Å². The summed E-state index contributed by atoms with van der Waals surface area (Å²) >= 11 is 4.23. The van der Waals surface area contributed by atoms with Gasteiger partial charge in [-0.25, -0.2) is 4.79 Å². The fourth-order valence-electron chi connectivity index (χ4n) is 1.40. The third-order valence-electron chi connectivity index (χ3n) is 2.19. The summed E-state index contributed by atoms with van der Waals surface area (Å²) in [6.07, 6.45) is 0.797. The van der Waals surface area contributed by atoms with Gasteiger partial charge in [-0.2, -0.15) is 5.26 Å². The minimum atomic E-state index is -0.494. The number of benzene rings is 1. The maximum atomic E-state index is 11.6. The highest BCUT2D eigenvalue weighted by Gasteiger charge is 2.16. The van der Waals surface area contributed by atoms with Gasteiger partial charge in [0.1, 0.15) is 6.07 Å². The summed E-state index contributed by atoms with van der Waals surface area (Å²) in [6.45, 7) is 3.99. The van der Waals surface area contributed by atoms with E-state index in [9.17, 15) is 4.79 Å². The van der Waals surface area contributed by atoms with Crippen LogP contribution in [0.25, 0.3) is 0 Å². The molecule has 0 spiro atoms. The Bertz CT molecular complexity index is 449. The van der Waals surface area contributed by atoms with Crippen molar-refractivity contribution in [2.45, 2.75) is 25.2 Å². The average molecular weight is 235 g/mol. The van der Waals surface area contributed by atoms with Crippen molar-refractivity contribution in [2.75, 3.05) is 6.61 Å². The maximum absolute atomic E-state index is 11.6. The Morgan fingerprint density at radius 3 is 2.69 bits per heavy atom. The number of nitriles is 1. The molecule has 0 atom stereocenters. The summed E-state index contributed by atoms with van der Waals surface area (Å²) in [6, 6.07) is 5.49. The normalized spacial score (nSPS) is 9.62. The van der Waals surface area contributed by atoms with Gasteiger partial charge in [0.15, 0.2) is 0 Å². The Morgan fingerprint density at radius 1 is 1.50 bits per heavy atom. The molecule has 0 heterocycles. The summed E-state index contributed by atoms with van der Waals surface area (Å²) in [5.41, 5.74) is 1.56.